The van der Waals surface area contributed by atoms with Crippen LogP contribution in [0.5, 0.6) is 0 Å². The lowest BCUT2D eigenvalue weighted by molar-refractivity contribution is -0.121. The average molecular weight is 464 g/mol. The second-order valence-corrected chi connectivity index (χ2v) is 7.53. The number of halogens is 1. The maximum absolute atomic E-state index is 11.5. The highest BCUT2D eigenvalue weighted by molar-refractivity contribution is 14.0. The van der Waals surface area contributed by atoms with Crippen LogP contribution in [0.25, 0.3) is 0 Å². The first-order chi connectivity index (χ1) is 11.7. The molecule has 25 heavy (non-hydrogen) atoms. The quantitative estimate of drug-likeness (QED) is 0.373. The first-order valence-electron chi connectivity index (χ1n) is 9.82. The summed E-state index contributed by atoms with van der Waals surface area (Å²) in [4.78, 5) is 18.4. The number of nitrogens with one attached hydrogen (secondary N) is 2. The first-order valence-corrected chi connectivity index (χ1v) is 9.82. The summed E-state index contributed by atoms with van der Waals surface area (Å²) < 4.78 is 0. The molecule has 0 aromatic heterocycles. The molecule has 2 fully saturated rings. The van der Waals surface area contributed by atoms with Crippen LogP contribution in [-0.2, 0) is 4.79 Å². The van der Waals surface area contributed by atoms with Gasteiger partial charge < -0.3 is 15.5 Å². The van der Waals surface area contributed by atoms with E-state index in [1.165, 1.54) is 32.1 Å². The average Bonchev–Trinajstić information content (AvgIpc) is 2.63. The monoisotopic (exact) mass is 464 g/mol. The van der Waals surface area contributed by atoms with Crippen LogP contribution in [-0.4, -0.2) is 50.5 Å². The molecule has 0 radical (unpaired) electrons. The van der Waals surface area contributed by atoms with Gasteiger partial charge in [0.2, 0.25) is 5.91 Å². The van der Waals surface area contributed by atoms with Crippen LogP contribution in [0.4, 0.5) is 0 Å². The third-order valence-electron chi connectivity index (χ3n) is 5.97. The molecular formula is C19H37IN4O. The summed E-state index contributed by atoms with van der Waals surface area (Å²) in [6.45, 7) is 5.38. The summed E-state index contributed by atoms with van der Waals surface area (Å²) >= 11 is 0. The third-order valence-corrected chi connectivity index (χ3v) is 5.97. The number of hydrogen-bond donors (Lipinski definition) is 2. The van der Waals surface area contributed by atoms with E-state index in [1.54, 1.807) is 7.05 Å². The summed E-state index contributed by atoms with van der Waals surface area (Å²) in [6.07, 6.45) is 9.67. The van der Waals surface area contributed by atoms with Gasteiger partial charge in [0, 0.05) is 40.2 Å². The topological polar surface area (TPSA) is 56.7 Å². The van der Waals surface area contributed by atoms with Crippen molar-refractivity contribution in [2.45, 2.75) is 58.3 Å². The highest BCUT2D eigenvalue weighted by Crippen LogP contribution is 2.30. The first kappa shape index (κ1) is 22.5. The fraction of sp³-hybridized carbons (Fsp3) is 0.895. The Morgan fingerprint density at radius 1 is 1.04 bits per heavy atom. The van der Waals surface area contributed by atoms with Gasteiger partial charge >= 0.3 is 0 Å². The Kier molecular flexibility index (Phi) is 10.8. The van der Waals surface area contributed by atoms with E-state index in [-0.39, 0.29) is 29.9 Å². The third kappa shape index (κ3) is 7.31. The number of likely N-dealkylation sites (tertiary alicyclic amines) is 1. The van der Waals surface area contributed by atoms with Gasteiger partial charge in [0.15, 0.2) is 5.96 Å². The molecule has 0 unspecified atom stereocenters. The zero-order valence-corrected chi connectivity index (χ0v) is 18.6. The molecule has 0 spiro atoms. The Morgan fingerprint density at radius 3 is 2.16 bits per heavy atom. The molecule has 0 atom stereocenters. The van der Waals surface area contributed by atoms with Gasteiger partial charge in [-0.1, -0.05) is 26.2 Å². The zero-order chi connectivity index (χ0) is 17.4. The second-order valence-electron chi connectivity index (χ2n) is 7.53. The van der Waals surface area contributed by atoms with Gasteiger partial charge in [0.25, 0.3) is 0 Å². The molecule has 2 aliphatic rings. The van der Waals surface area contributed by atoms with Gasteiger partial charge in [-0.05, 0) is 43.4 Å². The molecule has 0 aromatic rings. The highest BCUT2D eigenvalue weighted by atomic mass is 127. The molecule has 0 aromatic carbocycles. The minimum atomic E-state index is 0. The Morgan fingerprint density at radius 2 is 1.64 bits per heavy atom. The zero-order valence-electron chi connectivity index (χ0n) is 16.2. The van der Waals surface area contributed by atoms with Crippen molar-refractivity contribution in [3.05, 3.63) is 0 Å². The van der Waals surface area contributed by atoms with E-state index in [9.17, 15) is 4.79 Å². The van der Waals surface area contributed by atoms with Gasteiger partial charge in [0.1, 0.15) is 0 Å². The maximum atomic E-state index is 11.5. The van der Waals surface area contributed by atoms with Crippen LogP contribution in [0.1, 0.15) is 58.3 Å². The molecule has 2 rings (SSSR count). The summed E-state index contributed by atoms with van der Waals surface area (Å²) in [5.41, 5.74) is 0. The Labute approximate surface area is 170 Å². The van der Waals surface area contributed by atoms with Crippen molar-refractivity contribution in [2.24, 2.45) is 22.7 Å². The van der Waals surface area contributed by atoms with Crippen LogP contribution in [0.3, 0.4) is 0 Å². The van der Waals surface area contributed by atoms with E-state index in [0.29, 0.717) is 12.3 Å². The molecule has 146 valence electrons. The summed E-state index contributed by atoms with van der Waals surface area (Å²) in [5, 5.41) is 6.34. The number of piperidine rings is 1. The maximum Gasteiger partial charge on any atom is 0.220 e. The van der Waals surface area contributed by atoms with Gasteiger partial charge in [-0.25, -0.2) is 0 Å². The lowest BCUT2D eigenvalue weighted by atomic mass is 9.81. The number of hydrogen-bond acceptors (Lipinski definition) is 2. The van der Waals surface area contributed by atoms with Gasteiger partial charge in [-0.15, -0.1) is 24.0 Å². The van der Waals surface area contributed by atoms with Crippen LogP contribution in [0.15, 0.2) is 4.99 Å². The number of rotatable bonds is 5. The van der Waals surface area contributed by atoms with Crippen LogP contribution >= 0.6 is 24.0 Å². The molecule has 1 aliphatic heterocycles. The van der Waals surface area contributed by atoms with Crippen LogP contribution in [0, 0.1) is 17.8 Å². The number of amides is 1. The summed E-state index contributed by atoms with van der Waals surface area (Å²) in [5.74, 6) is 3.49. The lowest BCUT2D eigenvalue weighted by Gasteiger charge is -2.35. The minimum Gasteiger partial charge on any atom is -0.359 e. The summed E-state index contributed by atoms with van der Waals surface area (Å²) in [7, 11) is 3.60. The van der Waals surface area contributed by atoms with Crippen molar-refractivity contribution >= 4 is 35.8 Å². The number of aliphatic imine (C=N–C) groups is 1. The molecule has 1 aliphatic carbocycles. The number of nitrogens with zero attached hydrogens (tertiary/aromatic N) is 2. The molecule has 0 bridgehead atoms. The molecule has 6 heteroatoms. The molecule has 5 nitrogen and oxygen atoms in total. The molecular weight excluding hydrogens is 427 g/mol. The second kappa shape index (κ2) is 12.0. The molecule has 1 saturated heterocycles. The Hall–Kier alpha value is -0.530. The molecule has 2 N–H and O–H groups in total. The summed E-state index contributed by atoms with van der Waals surface area (Å²) in [6, 6.07) is 0. The Balaban J connectivity index is 0.00000312. The van der Waals surface area contributed by atoms with E-state index in [0.717, 1.165) is 50.3 Å². The minimum absolute atomic E-state index is 0. The van der Waals surface area contributed by atoms with E-state index >= 15 is 0 Å². The Bertz CT molecular complexity index is 414. The number of guanidine groups is 1. The van der Waals surface area contributed by atoms with Crippen molar-refractivity contribution in [1.29, 1.82) is 0 Å². The lowest BCUT2D eigenvalue weighted by Crippen LogP contribution is -2.47. The smallest absolute Gasteiger partial charge is 0.220 e. The predicted molar refractivity (Wildman–Crippen MR) is 115 cm³/mol. The van der Waals surface area contributed by atoms with E-state index < -0.39 is 0 Å². The fourth-order valence-corrected chi connectivity index (χ4v) is 4.12. The van der Waals surface area contributed by atoms with Crippen LogP contribution in [0.2, 0.25) is 0 Å². The molecule has 1 amide bonds. The molecule has 1 heterocycles. The largest absolute Gasteiger partial charge is 0.359 e. The van der Waals surface area contributed by atoms with Crippen molar-refractivity contribution in [2.75, 3.05) is 33.7 Å². The van der Waals surface area contributed by atoms with E-state index in [2.05, 4.69) is 27.4 Å². The van der Waals surface area contributed by atoms with Gasteiger partial charge in [-0.3, -0.25) is 9.79 Å². The fourth-order valence-electron chi connectivity index (χ4n) is 4.12. The van der Waals surface area contributed by atoms with E-state index in [4.69, 9.17) is 0 Å². The SMILES string of the molecule is CCC1CCC(CNC(=NC)N2CCC(CC(=O)NC)CC2)CC1.I. The van der Waals surface area contributed by atoms with Crippen molar-refractivity contribution < 1.29 is 4.79 Å². The number of carbonyl (C=O) groups is 1. The normalized spacial score (nSPS) is 25.2. The van der Waals surface area contributed by atoms with Gasteiger partial charge in [0.05, 0.1) is 0 Å². The van der Waals surface area contributed by atoms with Crippen LogP contribution < -0.4 is 10.6 Å². The van der Waals surface area contributed by atoms with Crippen molar-refractivity contribution in [1.82, 2.24) is 15.5 Å². The van der Waals surface area contributed by atoms with E-state index in [1.807, 2.05) is 7.05 Å². The van der Waals surface area contributed by atoms with Gasteiger partial charge in [-0.2, -0.15) is 0 Å². The number of carbonyl (C=O) groups excluding carboxylic acids is 1. The predicted octanol–water partition coefficient (Wildman–Crippen LogP) is 3.24. The highest BCUT2D eigenvalue weighted by Gasteiger charge is 2.24. The van der Waals surface area contributed by atoms with Crippen molar-refractivity contribution in [3.8, 4) is 0 Å². The standard InChI is InChI=1S/C19H36N4O.HI/c1-4-15-5-7-17(8-6-15)14-22-19(21-3)23-11-9-16(10-12-23)13-18(24)20-2;/h15-17H,4-14H2,1-3H3,(H,20,24)(H,21,22);1H. The molecule has 1 saturated carbocycles. The van der Waals surface area contributed by atoms with Crippen molar-refractivity contribution in [3.63, 3.8) is 0 Å².